The molecule has 4 unspecified atom stereocenters. The van der Waals surface area contributed by atoms with Gasteiger partial charge in [-0.25, -0.2) is 0 Å². The van der Waals surface area contributed by atoms with E-state index in [1.165, 1.54) is 12.0 Å². The Labute approximate surface area is 188 Å². The van der Waals surface area contributed by atoms with Gasteiger partial charge in [0.25, 0.3) is 0 Å². The summed E-state index contributed by atoms with van der Waals surface area (Å²) in [6, 6.07) is 12.7. The van der Waals surface area contributed by atoms with Crippen LogP contribution in [0.2, 0.25) is 0 Å². The molecule has 0 spiro atoms. The third kappa shape index (κ3) is 4.71. The molecule has 3 aliphatic heterocycles. The number of fused-ring (bicyclic) bond motifs is 3. The number of aliphatic imine (C=N–C) groups is 1. The molecule has 2 aromatic rings. The maximum atomic E-state index is 6.02. The second kappa shape index (κ2) is 9.38. The van der Waals surface area contributed by atoms with Gasteiger partial charge in [0.1, 0.15) is 11.5 Å². The number of guanidine groups is 1. The van der Waals surface area contributed by atoms with Gasteiger partial charge in [0.2, 0.25) is 0 Å². The largest absolute Gasteiger partial charge is 0.493 e. The Balaban J connectivity index is 0.00000205. The minimum Gasteiger partial charge on any atom is -0.493 e. The molecule has 156 valence electrons. The van der Waals surface area contributed by atoms with Crippen LogP contribution in [0.1, 0.15) is 43.0 Å². The molecule has 29 heavy (non-hydrogen) atoms. The molecule has 0 saturated carbocycles. The fourth-order valence-corrected chi connectivity index (χ4v) is 4.49. The van der Waals surface area contributed by atoms with Crippen molar-refractivity contribution in [1.82, 2.24) is 10.6 Å². The number of para-hydroxylation sites is 1. The molecule has 0 amide bonds. The molecule has 2 N–H and O–H groups in total. The molecule has 1 aromatic carbocycles. The van der Waals surface area contributed by atoms with Crippen molar-refractivity contribution in [2.45, 2.75) is 56.4 Å². The first-order chi connectivity index (χ1) is 13.8. The number of benzene rings is 1. The number of hydrogen-bond donors (Lipinski definition) is 2. The van der Waals surface area contributed by atoms with Crippen molar-refractivity contribution in [2.24, 2.45) is 4.99 Å². The van der Waals surface area contributed by atoms with Crippen molar-refractivity contribution in [3.05, 3.63) is 54.0 Å². The maximum Gasteiger partial charge on any atom is 0.192 e. The van der Waals surface area contributed by atoms with Crippen molar-refractivity contribution in [1.29, 1.82) is 0 Å². The zero-order valence-electron chi connectivity index (χ0n) is 16.4. The van der Waals surface area contributed by atoms with E-state index in [0.717, 1.165) is 43.2 Å². The molecule has 0 aliphatic carbocycles. The second-order valence-corrected chi connectivity index (χ2v) is 7.79. The summed E-state index contributed by atoms with van der Waals surface area (Å²) < 4.78 is 17.3. The van der Waals surface area contributed by atoms with Gasteiger partial charge in [-0.05, 0) is 37.5 Å². The molecule has 7 heteroatoms. The van der Waals surface area contributed by atoms with Crippen LogP contribution >= 0.6 is 24.0 Å². The number of nitrogens with one attached hydrogen (secondary N) is 2. The Hall–Kier alpha value is -1.74. The molecule has 4 heterocycles. The fraction of sp³-hybridized carbons (Fsp3) is 0.500. The Morgan fingerprint density at radius 1 is 1.07 bits per heavy atom. The molecule has 2 saturated heterocycles. The molecule has 0 radical (unpaired) electrons. The van der Waals surface area contributed by atoms with Crippen LogP contribution in [-0.4, -0.2) is 37.4 Å². The predicted molar refractivity (Wildman–Crippen MR) is 122 cm³/mol. The van der Waals surface area contributed by atoms with E-state index in [2.05, 4.69) is 22.8 Å². The number of ether oxygens (including phenoxy) is 2. The lowest BCUT2D eigenvalue weighted by Gasteiger charge is -2.30. The zero-order valence-corrected chi connectivity index (χ0v) is 18.7. The Morgan fingerprint density at radius 2 is 2.00 bits per heavy atom. The summed E-state index contributed by atoms with van der Waals surface area (Å²) in [6.45, 7) is 1.39. The van der Waals surface area contributed by atoms with Gasteiger partial charge in [-0.15, -0.1) is 24.0 Å². The van der Waals surface area contributed by atoms with Gasteiger partial charge in [-0.3, -0.25) is 4.99 Å². The van der Waals surface area contributed by atoms with Gasteiger partial charge in [-0.1, -0.05) is 18.2 Å². The first-order valence-electron chi connectivity index (χ1n) is 10.3. The van der Waals surface area contributed by atoms with Crippen molar-refractivity contribution in [3.8, 4) is 5.75 Å². The van der Waals surface area contributed by atoms with Crippen LogP contribution in [0.25, 0.3) is 0 Å². The van der Waals surface area contributed by atoms with Crippen molar-refractivity contribution in [3.63, 3.8) is 0 Å². The summed E-state index contributed by atoms with van der Waals surface area (Å²) in [6.07, 6.45) is 7.53. The molecule has 6 nitrogen and oxygen atoms in total. The van der Waals surface area contributed by atoms with E-state index < -0.39 is 0 Å². The first-order valence-corrected chi connectivity index (χ1v) is 10.3. The molecule has 1 aromatic heterocycles. The van der Waals surface area contributed by atoms with E-state index in [1.807, 2.05) is 24.3 Å². The molecule has 5 rings (SSSR count). The van der Waals surface area contributed by atoms with Crippen LogP contribution in [0.3, 0.4) is 0 Å². The Bertz CT molecular complexity index is 826. The zero-order chi connectivity index (χ0) is 18.8. The van der Waals surface area contributed by atoms with Crippen LogP contribution in [0.5, 0.6) is 5.75 Å². The first kappa shape index (κ1) is 20.5. The highest BCUT2D eigenvalue weighted by molar-refractivity contribution is 14.0. The summed E-state index contributed by atoms with van der Waals surface area (Å²) in [7, 11) is 0. The third-order valence-electron chi connectivity index (χ3n) is 5.91. The average molecular weight is 509 g/mol. The van der Waals surface area contributed by atoms with Crippen LogP contribution in [-0.2, 0) is 11.2 Å². The van der Waals surface area contributed by atoms with E-state index in [1.54, 1.807) is 6.26 Å². The molecule has 4 atom stereocenters. The summed E-state index contributed by atoms with van der Waals surface area (Å²) in [5.74, 6) is 2.78. The van der Waals surface area contributed by atoms with E-state index >= 15 is 0 Å². The monoisotopic (exact) mass is 509 g/mol. The van der Waals surface area contributed by atoms with E-state index in [0.29, 0.717) is 31.4 Å². The Kier molecular flexibility index (Phi) is 6.64. The summed E-state index contributed by atoms with van der Waals surface area (Å²) in [4.78, 5) is 4.85. The van der Waals surface area contributed by atoms with Gasteiger partial charge in [0.05, 0.1) is 37.2 Å². The summed E-state index contributed by atoms with van der Waals surface area (Å²) in [5.41, 5.74) is 1.19. The normalized spacial score (nSPS) is 27.7. The smallest absolute Gasteiger partial charge is 0.192 e. The van der Waals surface area contributed by atoms with E-state index in [9.17, 15) is 0 Å². The second-order valence-electron chi connectivity index (χ2n) is 7.79. The summed E-state index contributed by atoms with van der Waals surface area (Å²) in [5, 5.41) is 7.30. The third-order valence-corrected chi connectivity index (χ3v) is 5.91. The van der Waals surface area contributed by atoms with Gasteiger partial charge in [0.15, 0.2) is 5.96 Å². The molecular weight excluding hydrogens is 481 g/mol. The number of nitrogens with zero attached hydrogens (tertiary/aromatic N) is 1. The Morgan fingerprint density at radius 3 is 2.79 bits per heavy atom. The van der Waals surface area contributed by atoms with Crippen LogP contribution < -0.4 is 15.4 Å². The standard InChI is InChI=1S/C22H27N3O3.HI/c1-2-6-20-17(5-1)18(10-13-27-20)24-22(23-11-9-15-4-3-12-26-15)25-19-14-16-7-8-21(19)28-16;/h1-6,12,16,18-19,21H,7-11,13-14H2,(H2,23,24,25);1H. The van der Waals surface area contributed by atoms with E-state index in [-0.39, 0.29) is 30.0 Å². The molecule has 3 aliphatic rings. The highest BCUT2D eigenvalue weighted by atomic mass is 127. The quantitative estimate of drug-likeness (QED) is 0.365. The predicted octanol–water partition coefficient (Wildman–Crippen LogP) is 3.82. The van der Waals surface area contributed by atoms with Gasteiger partial charge < -0.3 is 24.5 Å². The van der Waals surface area contributed by atoms with Crippen LogP contribution in [0.4, 0.5) is 0 Å². The SMILES string of the molecule is I.c1coc(CCN=C(NC2CCOc3ccccc32)NC2CC3CCC2O3)c1. The topological polar surface area (TPSA) is 68.0 Å². The minimum atomic E-state index is 0. The number of hydrogen-bond acceptors (Lipinski definition) is 4. The highest BCUT2D eigenvalue weighted by Crippen LogP contribution is 2.35. The maximum absolute atomic E-state index is 6.02. The molecule has 2 fully saturated rings. The lowest BCUT2D eigenvalue weighted by atomic mass is 9.95. The number of furan rings is 1. The number of rotatable bonds is 5. The molecular formula is C22H28IN3O3. The fourth-order valence-electron chi connectivity index (χ4n) is 4.49. The minimum absolute atomic E-state index is 0. The van der Waals surface area contributed by atoms with Crippen molar-refractivity contribution < 1.29 is 13.9 Å². The van der Waals surface area contributed by atoms with E-state index in [4.69, 9.17) is 18.9 Å². The van der Waals surface area contributed by atoms with Gasteiger partial charge >= 0.3 is 0 Å². The lowest BCUT2D eigenvalue weighted by Crippen LogP contribution is -2.49. The van der Waals surface area contributed by atoms with Gasteiger partial charge in [-0.2, -0.15) is 0 Å². The molecule has 2 bridgehead atoms. The van der Waals surface area contributed by atoms with Crippen molar-refractivity contribution >= 4 is 29.9 Å². The van der Waals surface area contributed by atoms with Crippen molar-refractivity contribution in [2.75, 3.05) is 13.2 Å². The van der Waals surface area contributed by atoms with Gasteiger partial charge in [0, 0.05) is 24.9 Å². The average Bonchev–Trinajstić information content (AvgIpc) is 3.47. The van der Waals surface area contributed by atoms with Crippen LogP contribution in [0, 0.1) is 0 Å². The summed E-state index contributed by atoms with van der Waals surface area (Å²) >= 11 is 0. The van der Waals surface area contributed by atoms with Crippen LogP contribution in [0.15, 0.2) is 52.1 Å². The number of halogens is 1. The lowest BCUT2D eigenvalue weighted by molar-refractivity contribution is 0.0991. The highest BCUT2D eigenvalue weighted by Gasteiger charge is 2.41.